The molecule has 0 aliphatic carbocycles. The molecule has 0 N–H and O–H groups in total. The third-order valence-corrected chi connectivity index (χ3v) is 11.7. The summed E-state index contributed by atoms with van der Waals surface area (Å²) in [6, 6.07) is 58.9. The highest BCUT2D eigenvalue weighted by atomic mass is 32.1. The lowest BCUT2D eigenvalue weighted by Crippen LogP contribution is -1.88. The first-order valence-electron chi connectivity index (χ1n) is 16.3. The first kappa shape index (κ1) is 25.4. The molecule has 0 unspecified atom stereocenters. The molecule has 0 aliphatic heterocycles. The van der Waals surface area contributed by atoms with E-state index in [1.807, 2.05) is 11.3 Å². The first-order valence-corrected chi connectivity index (χ1v) is 17.1. The summed E-state index contributed by atoms with van der Waals surface area (Å²) in [5, 5.41) is 21.0. The average Bonchev–Trinajstić information content (AvgIpc) is 3.54. The second-order valence-electron chi connectivity index (χ2n) is 12.8. The molecule has 1 heterocycles. The van der Waals surface area contributed by atoms with E-state index in [4.69, 9.17) is 0 Å². The molecule has 0 radical (unpaired) electrons. The van der Waals surface area contributed by atoms with E-state index in [9.17, 15) is 0 Å². The average molecular weight is 611 g/mol. The fourth-order valence-corrected chi connectivity index (χ4v) is 9.64. The summed E-state index contributed by atoms with van der Waals surface area (Å²) in [7, 11) is 0. The SMILES string of the molecule is c1ccc2c(c1)ccc1c3cccc(-c4ccc5c(c4)c4ccccc4c4cc6c7ccccc7c7ccccc7c6cc54)c3sc21. The van der Waals surface area contributed by atoms with Crippen LogP contribution in [-0.2, 0) is 0 Å². The normalized spacial score (nSPS) is 12.3. The third kappa shape index (κ3) is 3.47. The highest BCUT2D eigenvalue weighted by Crippen LogP contribution is 2.45. The topological polar surface area (TPSA) is 0 Å². The molecule has 0 fully saturated rings. The van der Waals surface area contributed by atoms with Crippen molar-refractivity contribution in [1.29, 1.82) is 0 Å². The van der Waals surface area contributed by atoms with Gasteiger partial charge in [-0.2, -0.15) is 0 Å². The zero-order valence-corrected chi connectivity index (χ0v) is 26.2. The summed E-state index contributed by atoms with van der Waals surface area (Å²) >= 11 is 1.93. The Bertz CT molecular complexity index is 3120. The minimum Gasteiger partial charge on any atom is -0.134 e. The Kier molecular flexibility index (Phi) is 5.08. The lowest BCUT2D eigenvalue weighted by atomic mass is 9.88. The maximum Gasteiger partial charge on any atom is 0.0434 e. The van der Waals surface area contributed by atoms with Gasteiger partial charge in [0, 0.05) is 20.2 Å². The van der Waals surface area contributed by atoms with Crippen LogP contribution in [0.3, 0.4) is 0 Å². The highest BCUT2D eigenvalue weighted by molar-refractivity contribution is 7.27. The summed E-state index contributed by atoms with van der Waals surface area (Å²) in [6.45, 7) is 0. The standard InChI is InChI=1S/C46H26S/c1-2-11-29-27(10-1)20-23-39-38-19-9-18-30(46(38)47-45(29)39)28-21-22-37-40(24-28)35-16-7-8-17-36(35)43-25-41-33-14-5-3-12-31(33)32-13-4-6-15-34(32)42(41)26-44(37)43/h1-26H. The fourth-order valence-electron chi connectivity index (χ4n) is 8.27. The van der Waals surface area contributed by atoms with Crippen molar-refractivity contribution in [2.75, 3.05) is 0 Å². The second-order valence-corrected chi connectivity index (χ2v) is 13.8. The zero-order chi connectivity index (χ0) is 30.6. The van der Waals surface area contributed by atoms with E-state index in [2.05, 4.69) is 158 Å². The first-order chi connectivity index (χ1) is 23.3. The van der Waals surface area contributed by atoms with Crippen molar-refractivity contribution in [3.05, 3.63) is 158 Å². The predicted molar refractivity (Wildman–Crippen MR) is 207 cm³/mol. The third-order valence-electron chi connectivity index (χ3n) is 10.4. The molecule has 11 aromatic rings. The van der Waals surface area contributed by atoms with E-state index in [1.165, 1.54) is 107 Å². The Morgan fingerprint density at radius 1 is 0.255 bits per heavy atom. The van der Waals surface area contributed by atoms with Crippen LogP contribution in [0, 0.1) is 0 Å². The summed E-state index contributed by atoms with van der Waals surface area (Å²) in [6.07, 6.45) is 0. The largest absolute Gasteiger partial charge is 0.134 e. The van der Waals surface area contributed by atoms with Crippen LogP contribution in [0.15, 0.2) is 158 Å². The van der Waals surface area contributed by atoms with Crippen molar-refractivity contribution in [3.63, 3.8) is 0 Å². The molecule has 11 rings (SSSR count). The van der Waals surface area contributed by atoms with E-state index in [1.54, 1.807) is 0 Å². The molecule has 10 aromatic carbocycles. The molecule has 0 aliphatic rings. The van der Waals surface area contributed by atoms with Crippen LogP contribution in [0.2, 0.25) is 0 Å². The molecule has 0 saturated carbocycles. The summed E-state index contributed by atoms with van der Waals surface area (Å²) in [5.74, 6) is 0. The lowest BCUT2D eigenvalue weighted by molar-refractivity contribution is 1.73. The van der Waals surface area contributed by atoms with Gasteiger partial charge in [0.2, 0.25) is 0 Å². The van der Waals surface area contributed by atoms with E-state index >= 15 is 0 Å². The van der Waals surface area contributed by atoms with E-state index in [-0.39, 0.29) is 0 Å². The Labute approximate surface area is 274 Å². The highest BCUT2D eigenvalue weighted by Gasteiger charge is 2.16. The van der Waals surface area contributed by atoms with Gasteiger partial charge in [0.15, 0.2) is 0 Å². The minimum atomic E-state index is 1.26. The smallest absolute Gasteiger partial charge is 0.0434 e. The maximum atomic E-state index is 2.46. The van der Waals surface area contributed by atoms with Gasteiger partial charge < -0.3 is 0 Å². The van der Waals surface area contributed by atoms with E-state index in [0.29, 0.717) is 0 Å². The molecule has 1 heteroatoms. The van der Waals surface area contributed by atoms with Gasteiger partial charge in [0.25, 0.3) is 0 Å². The van der Waals surface area contributed by atoms with Crippen LogP contribution in [0.5, 0.6) is 0 Å². The van der Waals surface area contributed by atoms with Gasteiger partial charge in [-0.25, -0.2) is 0 Å². The molecule has 0 atom stereocenters. The molecule has 216 valence electrons. The number of hydrogen-bond acceptors (Lipinski definition) is 1. The van der Waals surface area contributed by atoms with Crippen LogP contribution in [-0.4, -0.2) is 0 Å². The molecule has 0 nitrogen and oxygen atoms in total. The van der Waals surface area contributed by atoms with Gasteiger partial charge in [0.1, 0.15) is 0 Å². The maximum absolute atomic E-state index is 2.46. The summed E-state index contributed by atoms with van der Waals surface area (Å²) in [4.78, 5) is 0. The summed E-state index contributed by atoms with van der Waals surface area (Å²) < 4.78 is 2.72. The molecule has 0 bridgehead atoms. The fraction of sp³-hybridized carbons (Fsp3) is 0. The number of fused-ring (bicyclic) bond motifs is 17. The van der Waals surface area contributed by atoms with Crippen molar-refractivity contribution in [1.82, 2.24) is 0 Å². The van der Waals surface area contributed by atoms with Crippen LogP contribution < -0.4 is 0 Å². The Morgan fingerprint density at radius 3 is 1.28 bits per heavy atom. The van der Waals surface area contributed by atoms with Crippen molar-refractivity contribution < 1.29 is 0 Å². The van der Waals surface area contributed by atoms with Crippen molar-refractivity contribution in [2.45, 2.75) is 0 Å². The lowest BCUT2D eigenvalue weighted by Gasteiger charge is -2.16. The van der Waals surface area contributed by atoms with Crippen LogP contribution in [0.4, 0.5) is 0 Å². The Morgan fingerprint density at radius 2 is 0.681 bits per heavy atom. The molecule has 0 amide bonds. The zero-order valence-electron chi connectivity index (χ0n) is 25.4. The van der Waals surface area contributed by atoms with Gasteiger partial charge >= 0.3 is 0 Å². The number of hydrogen-bond donors (Lipinski definition) is 0. The number of rotatable bonds is 1. The predicted octanol–water partition coefficient (Wildman–Crippen LogP) is 13.8. The van der Waals surface area contributed by atoms with Crippen LogP contribution in [0.1, 0.15) is 0 Å². The Balaban J connectivity index is 1.24. The Hall–Kier alpha value is -5.76. The molecule has 1 aromatic heterocycles. The van der Waals surface area contributed by atoms with Gasteiger partial charge in [-0.3, -0.25) is 0 Å². The van der Waals surface area contributed by atoms with Crippen molar-refractivity contribution >= 4 is 107 Å². The number of benzene rings is 10. The van der Waals surface area contributed by atoms with Crippen molar-refractivity contribution in [2.24, 2.45) is 0 Å². The number of thiophene rings is 1. The van der Waals surface area contributed by atoms with Crippen molar-refractivity contribution in [3.8, 4) is 11.1 Å². The van der Waals surface area contributed by atoms with Crippen LogP contribution in [0.25, 0.3) is 107 Å². The molecule has 47 heavy (non-hydrogen) atoms. The van der Waals surface area contributed by atoms with Gasteiger partial charge in [0.05, 0.1) is 0 Å². The quantitative estimate of drug-likeness (QED) is 0.128. The molecular formula is C46H26S. The van der Waals surface area contributed by atoms with Gasteiger partial charge in [-0.1, -0.05) is 140 Å². The molecule has 0 spiro atoms. The minimum absolute atomic E-state index is 1.26. The van der Waals surface area contributed by atoms with E-state index in [0.717, 1.165) is 0 Å². The van der Waals surface area contributed by atoms with E-state index < -0.39 is 0 Å². The van der Waals surface area contributed by atoms with Crippen LogP contribution >= 0.6 is 11.3 Å². The summed E-state index contributed by atoms with van der Waals surface area (Å²) in [5.41, 5.74) is 2.57. The monoisotopic (exact) mass is 610 g/mol. The second kappa shape index (κ2) is 9.39. The van der Waals surface area contributed by atoms with Gasteiger partial charge in [-0.05, 0) is 105 Å². The van der Waals surface area contributed by atoms with Gasteiger partial charge in [-0.15, -0.1) is 11.3 Å². The molecular weight excluding hydrogens is 585 g/mol. The molecule has 0 saturated heterocycles.